The van der Waals surface area contributed by atoms with Crippen LogP contribution in [0.4, 0.5) is 0 Å². The van der Waals surface area contributed by atoms with Crippen molar-refractivity contribution in [1.29, 1.82) is 0 Å². The van der Waals surface area contributed by atoms with Crippen LogP contribution < -0.4 is 0 Å². The number of nitrogens with zero attached hydrogens (tertiary/aromatic N) is 2. The number of hydrogen-bond donors (Lipinski definition) is 1. The second-order valence-electron chi connectivity index (χ2n) is 2.92. The van der Waals surface area contributed by atoms with Crippen LogP contribution >= 0.6 is 0 Å². The number of aromatic amines is 1. The minimum Gasteiger partial charge on any atom is -0.353 e. The maximum absolute atomic E-state index is 10.6. The molecule has 0 atom stereocenters. The van der Waals surface area contributed by atoms with Gasteiger partial charge in [0.25, 0.3) is 0 Å². The van der Waals surface area contributed by atoms with E-state index in [1.165, 1.54) is 26.3 Å². The molecule has 0 radical (unpaired) electrons. The van der Waals surface area contributed by atoms with Crippen molar-refractivity contribution < 1.29 is 9.59 Å². The van der Waals surface area contributed by atoms with Crippen LogP contribution in [-0.2, 0) is 9.59 Å². The van der Waals surface area contributed by atoms with Gasteiger partial charge in [-0.3, -0.25) is 9.59 Å². The molecule has 0 saturated carbocycles. The highest BCUT2D eigenvalue weighted by molar-refractivity contribution is 5.93. The zero-order valence-electron chi connectivity index (χ0n) is 8.52. The fourth-order valence-corrected chi connectivity index (χ4v) is 0.901. The Hall–Kier alpha value is -2.04. The largest absolute Gasteiger partial charge is 0.353 e. The third-order valence-electron chi connectivity index (χ3n) is 1.50. The molecule has 0 aromatic carbocycles. The number of rotatable bonds is 2. The van der Waals surface area contributed by atoms with Crippen molar-refractivity contribution in [1.82, 2.24) is 4.98 Å². The lowest BCUT2D eigenvalue weighted by Crippen LogP contribution is -1.89. The standard InChI is InChI=1S/C10H11N3O2/c1-7(14)11-5-9-3-4-10(13-9)6-12-8(2)15/h3-6,13H,1-2H3. The predicted molar refractivity (Wildman–Crippen MR) is 57.3 cm³/mol. The van der Waals surface area contributed by atoms with Gasteiger partial charge in [-0.05, 0) is 12.1 Å². The molecule has 5 nitrogen and oxygen atoms in total. The van der Waals surface area contributed by atoms with Crippen LogP contribution in [0.1, 0.15) is 25.2 Å². The fourth-order valence-electron chi connectivity index (χ4n) is 0.901. The van der Waals surface area contributed by atoms with Crippen molar-refractivity contribution in [3.05, 3.63) is 23.5 Å². The summed E-state index contributed by atoms with van der Waals surface area (Å²) in [7, 11) is 0. The summed E-state index contributed by atoms with van der Waals surface area (Å²) < 4.78 is 0. The molecule has 1 aromatic heterocycles. The number of H-pyrrole nitrogens is 1. The lowest BCUT2D eigenvalue weighted by Gasteiger charge is -1.85. The predicted octanol–water partition coefficient (Wildman–Crippen LogP) is 0.946. The zero-order valence-corrected chi connectivity index (χ0v) is 8.52. The SMILES string of the molecule is CC(=O)N=Cc1ccc(C=NC(C)=O)[nH]1. The second kappa shape index (κ2) is 4.99. The molecule has 5 heteroatoms. The maximum atomic E-state index is 10.6. The third-order valence-corrected chi connectivity index (χ3v) is 1.50. The van der Waals surface area contributed by atoms with E-state index in [-0.39, 0.29) is 11.8 Å². The molecular formula is C10H11N3O2. The average Bonchev–Trinajstić information content (AvgIpc) is 2.59. The Morgan fingerprint density at radius 3 is 1.80 bits per heavy atom. The van der Waals surface area contributed by atoms with Crippen LogP contribution in [0.25, 0.3) is 0 Å². The van der Waals surface area contributed by atoms with Crippen LogP contribution in [0.2, 0.25) is 0 Å². The van der Waals surface area contributed by atoms with Crippen molar-refractivity contribution in [2.45, 2.75) is 13.8 Å². The lowest BCUT2D eigenvalue weighted by atomic mass is 10.4. The molecule has 0 spiro atoms. The van der Waals surface area contributed by atoms with Gasteiger partial charge >= 0.3 is 0 Å². The van der Waals surface area contributed by atoms with Crippen LogP contribution in [0.3, 0.4) is 0 Å². The third kappa shape index (κ3) is 4.12. The summed E-state index contributed by atoms with van der Waals surface area (Å²) in [4.78, 5) is 31.2. The first-order valence-electron chi connectivity index (χ1n) is 4.36. The van der Waals surface area contributed by atoms with Gasteiger partial charge in [-0.1, -0.05) is 0 Å². The Kier molecular flexibility index (Phi) is 3.68. The van der Waals surface area contributed by atoms with Gasteiger partial charge in [0.2, 0.25) is 11.8 Å². The van der Waals surface area contributed by atoms with Gasteiger partial charge in [0, 0.05) is 13.8 Å². The molecule has 0 unspecified atom stereocenters. The minimum absolute atomic E-state index is 0.261. The average molecular weight is 205 g/mol. The van der Waals surface area contributed by atoms with Crippen molar-refractivity contribution in [2.75, 3.05) is 0 Å². The van der Waals surface area contributed by atoms with Crippen molar-refractivity contribution >= 4 is 24.2 Å². The summed E-state index contributed by atoms with van der Waals surface area (Å²) in [6.45, 7) is 2.75. The van der Waals surface area contributed by atoms with Gasteiger partial charge in [-0.2, -0.15) is 0 Å². The van der Waals surface area contributed by atoms with E-state index in [4.69, 9.17) is 0 Å². The quantitative estimate of drug-likeness (QED) is 0.730. The van der Waals surface area contributed by atoms with E-state index in [2.05, 4.69) is 15.0 Å². The van der Waals surface area contributed by atoms with Gasteiger partial charge in [-0.15, -0.1) is 0 Å². The molecule has 0 aliphatic rings. The molecule has 0 saturated heterocycles. The van der Waals surface area contributed by atoms with Crippen molar-refractivity contribution in [3.8, 4) is 0 Å². The molecule has 0 bridgehead atoms. The molecule has 1 heterocycles. The monoisotopic (exact) mass is 205 g/mol. The molecule has 2 amide bonds. The van der Waals surface area contributed by atoms with Crippen LogP contribution in [0.15, 0.2) is 22.1 Å². The number of carbonyl (C=O) groups is 2. The van der Waals surface area contributed by atoms with E-state index in [0.29, 0.717) is 11.4 Å². The topological polar surface area (TPSA) is 74.7 Å². The summed E-state index contributed by atoms with van der Waals surface area (Å²) >= 11 is 0. The lowest BCUT2D eigenvalue weighted by molar-refractivity contribution is -0.116. The van der Waals surface area contributed by atoms with Crippen LogP contribution in [-0.4, -0.2) is 29.2 Å². The fraction of sp³-hybridized carbons (Fsp3) is 0.200. The number of aromatic nitrogens is 1. The van der Waals surface area contributed by atoms with Crippen LogP contribution in [0.5, 0.6) is 0 Å². The Labute approximate surface area is 86.9 Å². The highest BCUT2D eigenvalue weighted by Gasteiger charge is 1.94. The first-order chi connectivity index (χ1) is 7.08. The Morgan fingerprint density at radius 2 is 1.47 bits per heavy atom. The molecule has 1 rings (SSSR count). The van der Waals surface area contributed by atoms with Crippen molar-refractivity contribution in [2.24, 2.45) is 9.98 Å². The van der Waals surface area contributed by atoms with Crippen LogP contribution in [0, 0.1) is 0 Å². The molecule has 0 aliphatic carbocycles. The Morgan fingerprint density at radius 1 is 1.07 bits per heavy atom. The highest BCUT2D eigenvalue weighted by Crippen LogP contribution is 1.97. The summed E-state index contributed by atoms with van der Waals surface area (Å²) in [6, 6.07) is 3.49. The smallest absolute Gasteiger partial charge is 0.242 e. The highest BCUT2D eigenvalue weighted by atomic mass is 16.1. The van der Waals surface area contributed by atoms with E-state index >= 15 is 0 Å². The Balaban J connectivity index is 2.72. The summed E-state index contributed by atoms with van der Waals surface area (Å²) in [5.41, 5.74) is 1.38. The molecule has 15 heavy (non-hydrogen) atoms. The van der Waals surface area contributed by atoms with E-state index in [1.54, 1.807) is 12.1 Å². The zero-order chi connectivity index (χ0) is 11.3. The maximum Gasteiger partial charge on any atom is 0.242 e. The van der Waals surface area contributed by atoms with Gasteiger partial charge in [0.15, 0.2) is 0 Å². The van der Waals surface area contributed by atoms with Gasteiger partial charge in [0.05, 0.1) is 23.8 Å². The summed E-state index contributed by atoms with van der Waals surface area (Å²) in [6.07, 6.45) is 2.85. The van der Waals surface area contributed by atoms with E-state index in [9.17, 15) is 9.59 Å². The molecule has 0 fully saturated rings. The first-order valence-corrected chi connectivity index (χ1v) is 4.36. The summed E-state index contributed by atoms with van der Waals surface area (Å²) in [5, 5.41) is 0. The van der Waals surface area contributed by atoms with E-state index in [1.807, 2.05) is 0 Å². The second-order valence-corrected chi connectivity index (χ2v) is 2.92. The molecule has 1 N–H and O–H groups in total. The van der Waals surface area contributed by atoms with E-state index < -0.39 is 0 Å². The minimum atomic E-state index is -0.261. The normalized spacial score (nSPS) is 11.3. The van der Waals surface area contributed by atoms with Gasteiger partial charge in [-0.25, -0.2) is 9.98 Å². The molecule has 0 aliphatic heterocycles. The molecule has 78 valence electrons. The van der Waals surface area contributed by atoms with Crippen molar-refractivity contribution in [3.63, 3.8) is 0 Å². The van der Waals surface area contributed by atoms with Gasteiger partial charge < -0.3 is 4.98 Å². The Bertz CT molecular complexity index is 391. The first kappa shape index (κ1) is 11.0. The molecular weight excluding hydrogens is 194 g/mol. The number of hydrogen-bond acceptors (Lipinski definition) is 2. The number of amides is 2. The summed E-state index contributed by atoms with van der Waals surface area (Å²) in [5.74, 6) is -0.521. The van der Waals surface area contributed by atoms with E-state index in [0.717, 1.165) is 0 Å². The number of carbonyl (C=O) groups excluding carboxylic acids is 2. The number of nitrogens with one attached hydrogen (secondary N) is 1. The molecule has 1 aromatic rings. The number of aliphatic imine (C=N–C) groups is 2. The van der Waals surface area contributed by atoms with Gasteiger partial charge in [0.1, 0.15) is 0 Å².